The average molecular weight is 538 g/mol. The highest BCUT2D eigenvalue weighted by Crippen LogP contribution is 2.32. The summed E-state index contributed by atoms with van der Waals surface area (Å²) >= 11 is 12.0. The minimum Gasteiger partial charge on any atom is -0.487 e. The average Bonchev–Trinajstić information content (AvgIpc) is 2.80. The maximum atomic E-state index is 13.1. The van der Waals surface area contributed by atoms with Crippen molar-refractivity contribution in [2.45, 2.75) is 44.1 Å². The summed E-state index contributed by atoms with van der Waals surface area (Å²) in [5.74, 6) is 0.607. The number of aromatic nitrogens is 2. The summed E-state index contributed by atoms with van der Waals surface area (Å²) < 4.78 is 32.2. The van der Waals surface area contributed by atoms with E-state index in [1.165, 1.54) is 12.3 Å². The third-order valence-electron chi connectivity index (χ3n) is 5.18. The lowest BCUT2D eigenvalue weighted by atomic mass is 10.1. The Morgan fingerprint density at radius 1 is 1.20 bits per heavy atom. The third-order valence-corrected chi connectivity index (χ3v) is 7.83. The molecule has 0 aliphatic carbocycles. The van der Waals surface area contributed by atoms with Crippen LogP contribution in [0.2, 0.25) is 10.3 Å². The van der Waals surface area contributed by atoms with E-state index in [1.54, 1.807) is 38.1 Å². The smallest absolute Gasteiger partial charge is 0.224 e. The van der Waals surface area contributed by atoms with Crippen LogP contribution in [-0.4, -0.2) is 30.0 Å². The summed E-state index contributed by atoms with van der Waals surface area (Å²) in [6.07, 6.45) is 1.94. The second-order valence-electron chi connectivity index (χ2n) is 7.99. The third kappa shape index (κ3) is 6.33. The number of nitrogens with zero attached hydrogens (tertiary/aromatic N) is 2. The van der Waals surface area contributed by atoms with E-state index in [-0.39, 0.29) is 33.3 Å². The number of nitrogens with two attached hydrogens (primary N) is 1. The van der Waals surface area contributed by atoms with E-state index >= 15 is 0 Å². The summed E-state index contributed by atoms with van der Waals surface area (Å²) in [5.41, 5.74) is 9.19. The van der Waals surface area contributed by atoms with Crippen LogP contribution in [0, 0.1) is 6.92 Å². The van der Waals surface area contributed by atoms with Crippen molar-refractivity contribution in [1.29, 1.82) is 0 Å². The van der Waals surface area contributed by atoms with Gasteiger partial charge in [0.05, 0.1) is 27.7 Å². The van der Waals surface area contributed by atoms with Crippen LogP contribution in [-0.2, 0) is 27.8 Å². The Morgan fingerprint density at radius 2 is 1.94 bits per heavy atom. The van der Waals surface area contributed by atoms with Gasteiger partial charge in [-0.2, -0.15) is 4.98 Å². The van der Waals surface area contributed by atoms with E-state index in [2.05, 4.69) is 20.6 Å². The second kappa shape index (κ2) is 11.1. The number of ether oxygens (including phenoxy) is 1. The predicted octanol–water partition coefficient (Wildman–Crippen LogP) is 4.42. The highest BCUT2D eigenvalue weighted by atomic mass is 35.5. The van der Waals surface area contributed by atoms with Crippen molar-refractivity contribution in [3.63, 3.8) is 0 Å². The lowest BCUT2D eigenvalue weighted by Gasteiger charge is -2.17. The first-order valence-electron chi connectivity index (χ1n) is 10.5. The van der Waals surface area contributed by atoms with Gasteiger partial charge in [-0.25, -0.2) is 13.4 Å². The molecule has 0 aliphatic heterocycles. The van der Waals surface area contributed by atoms with Crippen molar-refractivity contribution in [3.8, 4) is 5.75 Å². The summed E-state index contributed by atoms with van der Waals surface area (Å²) in [5, 5.41) is 5.03. The van der Waals surface area contributed by atoms with Gasteiger partial charge in [-0.15, -0.1) is 0 Å². The number of carbonyl (C=O) groups is 1. The monoisotopic (exact) mass is 537 g/mol. The van der Waals surface area contributed by atoms with Crippen LogP contribution in [0.3, 0.4) is 0 Å². The molecule has 35 heavy (non-hydrogen) atoms. The van der Waals surface area contributed by atoms with Gasteiger partial charge in [-0.1, -0.05) is 17.7 Å². The molecule has 1 heterocycles. The molecule has 0 saturated carbocycles. The molecule has 12 heteroatoms. The lowest BCUT2D eigenvalue weighted by Crippen LogP contribution is -2.16. The molecule has 3 aromatic rings. The van der Waals surface area contributed by atoms with E-state index in [4.69, 9.17) is 33.7 Å². The highest BCUT2D eigenvalue weighted by Gasteiger charge is 2.24. The van der Waals surface area contributed by atoms with E-state index in [0.717, 1.165) is 11.1 Å². The maximum Gasteiger partial charge on any atom is 0.224 e. The fourth-order valence-electron chi connectivity index (χ4n) is 3.19. The largest absolute Gasteiger partial charge is 0.487 e. The van der Waals surface area contributed by atoms with Gasteiger partial charge in [-0.3, -0.25) is 4.79 Å². The Morgan fingerprint density at radius 3 is 2.63 bits per heavy atom. The number of nitrogens with one attached hydrogen (secondary N) is 2. The molecule has 4 N–H and O–H groups in total. The van der Waals surface area contributed by atoms with Crippen LogP contribution in [0.5, 0.6) is 5.75 Å². The number of sulfone groups is 1. The summed E-state index contributed by atoms with van der Waals surface area (Å²) in [4.78, 5) is 18.5. The quantitative estimate of drug-likeness (QED) is 0.196. The Labute approximate surface area is 213 Å². The molecule has 1 aromatic heterocycles. The van der Waals surface area contributed by atoms with Crippen LogP contribution in [0.1, 0.15) is 30.5 Å². The second-order valence-corrected chi connectivity index (χ2v) is 11.2. The molecule has 186 valence electrons. The number of rotatable bonds is 10. The molecule has 1 amide bonds. The van der Waals surface area contributed by atoms with Gasteiger partial charge in [0.15, 0.2) is 15.7 Å². The molecule has 3 rings (SSSR count). The topological polar surface area (TPSA) is 136 Å². The van der Waals surface area contributed by atoms with Crippen molar-refractivity contribution in [2.24, 2.45) is 0 Å². The predicted molar refractivity (Wildman–Crippen MR) is 137 cm³/mol. The number of hydrogen-bond donors (Lipinski definition) is 3. The summed E-state index contributed by atoms with van der Waals surface area (Å²) in [6.45, 7) is 5.47. The van der Waals surface area contributed by atoms with E-state index in [0.29, 0.717) is 30.0 Å². The molecule has 2 aromatic carbocycles. The van der Waals surface area contributed by atoms with E-state index in [9.17, 15) is 13.2 Å². The van der Waals surface area contributed by atoms with Crippen molar-refractivity contribution in [3.05, 3.63) is 63.5 Å². The van der Waals surface area contributed by atoms with Crippen LogP contribution in [0.4, 0.5) is 17.2 Å². The zero-order valence-electron chi connectivity index (χ0n) is 19.3. The molecule has 0 spiro atoms. The van der Waals surface area contributed by atoms with E-state index < -0.39 is 15.1 Å². The number of hydrogen-bond acceptors (Lipinski definition) is 8. The van der Waals surface area contributed by atoms with Gasteiger partial charge in [0, 0.05) is 6.54 Å². The fraction of sp³-hybridized carbons (Fsp3) is 0.261. The number of nitrogen functional groups attached to an aromatic ring is 1. The van der Waals surface area contributed by atoms with Gasteiger partial charge in [0.2, 0.25) is 11.7 Å². The fourth-order valence-corrected chi connectivity index (χ4v) is 4.71. The van der Waals surface area contributed by atoms with Crippen molar-refractivity contribution >= 4 is 56.6 Å². The first-order chi connectivity index (χ1) is 16.5. The van der Waals surface area contributed by atoms with Gasteiger partial charge < -0.3 is 21.1 Å². The molecule has 0 unspecified atom stereocenters. The Balaban J connectivity index is 1.93. The molecule has 0 atom stereocenters. The van der Waals surface area contributed by atoms with Crippen molar-refractivity contribution in [1.82, 2.24) is 15.3 Å². The zero-order valence-corrected chi connectivity index (χ0v) is 21.6. The summed E-state index contributed by atoms with van der Waals surface area (Å²) in [6, 6.07) is 8.38. The first kappa shape index (κ1) is 26.5. The number of aryl methyl sites for hydroxylation is 1. The molecule has 0 bridgehead atoms. The van der Waals surface area contributed by atoms with Gasteiger partial charge in [0.25, 0.3) is 0 Å². The maximum absolute atomic E-state index is 13.1. The van der Waals surface area contributed by atoms with Gasteiger partial charge in [-0.05, 0) is 73.3 Å². The highest BCUT2D eigenvalue weighted by molar-refractivity contribution is 7.92. The molecule has 0 saturated heterocycles. The SMILES string of the molecule is Cc1cc(N)c(OCc2ccc(Nc3nc(Cl)ncc3Cl)c(S(=O)(=O)C(C)C)c2)cc1CNC=O. The van der Waals surface area contributed by atoms with Gasteiger partial charge >= 0.3 is 0 Å². The number of carbonyl (C=O) groups excluding carboxylic acids is 1. The Hall–Kier alpha value is -3.08. The normalized spacial score (nSPS) is 11.4. The standard InChI is InChI=1S/C23H25Cl2N5O4S/c1-13(2)35(32,33)21-7-15(4-5-19(21)29-22-17(24)10-28-23(25)30-22)11-34-20-8-16(9-27-12-31)14(3)6-18(20)26/h4-8,10,12-13H,9,11,26H2,1-3H3,(H,27,31)(H,28,29,30). The van der Waals surface area contributed by atoms with Crippen LogP contribution >= 0.6 is 23.2 Å². The first-order valence-corrected chi connectivity index (χ1v) is 12.8. The van der Waals surface area contributed by atoms with Crippen LogP contribution in [0.15, 0.2) is 41.4 Å². The molecule has 9 nitrogen and oxygen atoms in total. The molecule has 0 fully saturated rings. The van der Waals surface area contributed by atoms with Crippen molar-refractivity contribution in [2.75, 3.05) is 11.1 Å². The minimum absolute atomic E-state index is 0.0337. The minimum atomic E-state index is -3.69. The molecular formula is C23H25Cl2N5O4S. The number of amides is 1. The number of anilines is 3. The molecule has 0 aliphatic rings. The van der Waals surface area contributed by atoms with Crippen molar-refractivity contribution < 1.29 is 17.9 Å². The molecular weight excluding hydrogens is 513 g/mol. The molecule has 0 radical (unpaired) electrons. The number of benzene rings is 2. The lowest BCUT2D eigenvalue weighted by molar-refractivity contribution is -0.109. The number of halogens is 2. The van der Waals surface area contributed by atoms with Gasteiger partial charge in [0.1, 0.15) is 17.4 Å². The Bertz CT molecular complexity index is 1350. The van der Waals surface area contributed by atoms with Crippen LogP contribution in [0.25, 0.3) is 0 Å². The van der Waals surface area contributed by atoms with E-state index in [1.807, 2.05) is 6.92 Å². The zero-order chi connectivity index (χ0) is 25.8. The summed E-state index contributed by atoms with van der Waals surface area (Å²) in [7, 11) is -3.69. The Kier molecular flexibility index (Phi) is 8.42. The van der Waals surface area contributed by atoms with Crippen LogP contribution < -0.4 is 21.1 Å².